The molecule has 2 N–H and O–H groups in total. The summed E-state index contributed by atoms with van der Waals surface area (Å²) < 4.78 is 0. The maximum atomic E-state index is 11.9. The summed E-state index contributed by atoms with van der Waals surface area (Å²) in [5.41, 5.74) is 1.06. The minimum absolute atomic E-state index is 0.132. The van der Waals surface area contributed by atoms with Gasteiger partial charge in [-0.1, -0.05) is 48.2 Å². The van der Waals surface area contributed by atoms with Crippen LogP contribution in [0, 0.1) is 0 Å². The fourth-order valence-electron chi connectivity index (χ4n) is 2.05. The number of carbonyl (C=O) groups excluding carboxylic acids is 2. The lowest BCUT2D eigenvalue weighted by molar-refractivity contribution is -0.124. The third-order valence-corrected chi connectivity index (χ3v) is 4.03. The van der Waals surface area contributed by atoms with Crippen molar-refractivity contribution in [3.05, 3.63) is 41.7 Å². The maximum Gasteiger partial charge on any atom is 0.324 e. The predicted octanol–water partition coefficient (Wildman–Crippen LogP) is 1.62. The first-order valence-electron chi connectivity index (χ1n) is 7.09. The molecule has 23 heavy (non-hydrogen) atoms. The number of nitrogens with zero attached hydrogens (tertiary/aromatic N) is 3. The first kappa shape index (κ1) is 15.3. The fourth-order valence-corrected chi connectivity index (χ4v) is 2.73. The molecule has 1 saturated heterocycles. The molecule has 0 spiro atoms. The number of benzene rings is 1. The number of urea groups is 1. The number of hydrogen-bond acceptors (Lipinski definition) is 5. The van der Waals surface area contributed by atoms with Gasteiger partial charge in [-0.2, -0.15) is 0 Å². The number of H-pyrrole nitrogens is 1. The maximum absolute atomic E-state index is 11.9. The van der Waals surface area contributed by atoms with E-state index in [-0.39, 0.29) is 17.7 Å². The summed E-state index contributed by atoms with van der Waals surface area (Å²) in [5.74, 6) is 0.506. The molecular weight excluding hydrogens is 314 g/mol. The molecule has 7 nitrogen and oxygen atoms in total. The van der Waals surface area contributed by atoms with E-state index in [4.69, 9.17) is 0 Å². The lowest BCUT2D eigenvalue weighted by Crippen LogP contribution is -2.35. The summed E-state index contributed by atoms with van der Waals surface area (Å²) in [4.78, 5) is 28.8. The normalized spacial score (nSPS) is 14.4. The molecule has 1 aromatic carbocycles. The van der Waals surface area contributed by atoms with Crippen LogP contribution in [0.5, 0.6) is 0 Å². The first-order valence-corrected chi connectivity index (χ1v) is 8.07. The van der Waals surface area contributed by atoms with Crippen LogP contribution in [0.4, 0.5) is 4.79 Å². The highest BCUT2D eigenvalue weighted by Gasteiger charge is 2.26. The number of carbonyl (C=O) groups is 2. The van der Waals surface area contributed by atoms with Gasteiger partial charge in [0.25, 0.3) is 0 Å². The van der Waals surface area contributed by atoms with E-state index in [0.29, 0.717) is 24.1 Å². The summed E-state index contributed by atoms with van der Waals surface area (Å²) in [6.45, 7) is 0.918. The van der Waals surface area contributed by atoms with Gasteiger partial charge < -0.3 is 5.32 Å². The van der Waals surface area contributed by atoms with E-state index < -0.39 is 0 Å². The molecule has 118 valence electrons. The number of aromatic nitrogens is 3. The second-order valence-corrected chi connectivity index (χ2v) is 5.76. The van der Waals surface area contributed by atoms with Gasteiger partial charge in [-0.25, -0.2) is 9.78 Å². The van der Waals surface area contributed by atoms with Crippen molar-refractivity contribution in [1.82, 2.24) is 25.4 Å². The second-order valence-electron chi connectivity index (χ2n) is 4.81. The van der Waals surface area contributed by atoms with Gasteiger partial charge in [0.2, 0.25) is 11.1 Å². The van der Waals surface area contributed by atoms with Gasteiger partial charge >= 0.3 is 6.03 Å². The molecule has 0 bridgehead atoms. The van der Waals surface area contributed by atoms with Crippen molar-refractivity contribution in [2.75, 3.05) is 18.8 Å². The number of nitrogens with one attached hydrogen (secondary N) is 2. The lowest BCUT2D eigenvalue weighted by Gasteiger charge is -2.10. The zero-order chi connectivity index (χ0) is 16.1. The summed E-state index contributed by atoms with van der Waals surface area (Å²) in [5, 5.41) is 9.93. The molecule has 3 rings (SSSR count). The van der Waals surface area contributed by atoms with Crippen molar-refractivity contribution < 1.29 is 9.59 Å². The van der Waals surface area contributed by atoms with Crippen molar-refractivity contribution in [2.24, 2.45) is 0 Å². The Morgan fingerprint density at radius 1 is 1.30 bits per heavy atom. The summed E-state index contributed by atoms with van der Waals surface area (Å²) in [7, 11) is 0. The minimum atomic E-state index is -0.336. The molecule has 1 aromatic heterocycles. The Balaban J connectivity index is 1.54. The van der Waals surface area contributed by atoms with Crippen molar-refractivity contribution in [3.8, 4) is 0 Å². The lowest BCUT2D eigenvalue weighted by atomic mass is 10.2. The van der Waals surface area contributed by atoms with E-state index in [2.05, 4.69) is 20.5 Å². The number of thioether (sulfide) groups is 1. The Hall–Kier alpha value is -2.61. The monoisotopic (exact) mass is 329 g/mol. The molecule has 0 atom stereocenters. The third-order valence-electron chi connectivity index (χ3n) is 3.20. The predicted molar refractivity (Wildman–Crippen MR) is 87.6 cm³/mol. The average molecular weight is 329 g/mol. The van der Waals surface area contributed by atoms with Gasteiger partial charge in [0.05, 0.1) is 5.75 Å². The van der Waals surface area contributed by atoms with Crippen LogP contribution in [-0.4, -0.2) is 50.9 Å². The van der Waals surface area contributed by atoms with Crippen molar-refractivity contribution in [1.29, 1.82) is 0 Å². The van der Waals surface area contributed by atoms with Gasteiger partial charge in [-0.15, -0.1) is 5.10 Å². The van der Waals surface area contributed by atoms with Crippen LogP contribution < -0.4 is 5.32 Å². The van der Waals surface area contributed by atoms with Crippen molar-refractivity contribution in [3.63, 3.8) is 0 Å². The molecule has 0 saturated carbocycles. The Bertz CT molecular complexity index is 728. The van der Waals surface area contributed by atoms with Crippen LogP contribution in [0.25, 0.3) is 12.2 Å². The van der Waals surface area contributed by atoms with Crippen molar-refractivity contribution >= 4 is 35.9 Å². The molecule has 2 heterocycles. The number of imide groups is 1. The van der Waals surface area contributed by atoms with Gasteiger partial charge in [0.1, 0.15) is 5.82 Å². The molecule has 0 unspecified atom stereocenters. The van der Waals surface area contributed by atoms with E-state index in [1.165, 1.54) is 16.7 Å². The SMILES string of the molecule is O=C(CSc1n[nH]c(/C=C/c2ccccc2)n1)N1CCNC1=O. The van der Waals surface area contributed by atoms with Gasteiger partial charge in [-0.05, 0) is 11.6 Å². The Morgan fingerprint density at radius 2 is 2.13 bits per heavy atom. The van der Waals surface area contributed by atoms with Gasteiger partial charge in [0.15, 0.2) is 0 Å². The van der Waals surface area contributed by atoms with Crippen LogP contribution in [-0.2, 0) is 4.79 Å². The molecule has 1 aliphatic heterocycles. The zero-order valence-electron chi connectivity index (χ0n) is 12.2. The van der Waals surface area contributed by atoms with E-state index in [0.717, 1.165) is 5.56 Å². The van der Waals surface area contributed by atoms with Gasteiger partial charge in [0, 0.05) is 13.1 Å². The molecule has 0 radical (unpaired) electrons. The average Bonchev–Trinajstić information content (AvgIpc) is 3.20. The highest BCUT2D eigenvalue weighted by molar-refractivity contribution is 7.99. The highest BCUT2D eigenvalue weighted by atomic mass is 32.2. The van der Waals surface area contributed by atoms with Crippen LogP contribution in [0.2, 0.25) is 0 Å². The highest BCUT2D eigenvalue weighted by Crippen LogP contribution is 2.15. The van der Waals surface area contributed by atoms with Crippen LogP contribution in [0.3, 0.4) is 0 Å². The smallest absolute Gasteiger partial charge is 0.324 e. The summed E-state index contributed by atoms with van der Waals surface area (Å²) in [6, 6.07) is 9.52. The largest absolute Gasteiger partial charge is 0.336 e. The quantitative estimate of drug-likeness (QED) is 0.814. The number of aromatic amines is 1. The summed E-state index contributed by atoms with van der Waals surface area (Å²) in [6.07, 6.45) is 3.75. The molecule has 1 aliphatic rings. The second kappa shape index (κ2) is 7.10. The molecule has 0 aliphatic carbocycles. The van der Waals surface area contributed by atoms with E-state index in [1.54, 1.807) is 0 Å². The van der Waals surface area contributed by atoms with Crippen LogP contribution in [0.15, 0.2) is 35.5 Å². The van der Waals surface area contributed by atoms with E-state index in [1.807, 2.05) is 42.5 Å². The van der Waals surface area contributed by atoms with Gasteiger partial charge in [-0.3, -0.25) is 14.8 Å². The molecule has 2 aromatic rings. The van der Waals surface area contributed by atoms with Crippen molar-refractivity contribution in [2.45, 2.75) is 5.16 Å². The van der Waals surface area contributed by atoms with E-state index >= 15 is 0 Å². The molecule has 8 heteroatoms. The Morgan fingerprint density at radius 3 is 2.87 bits per heavy atom. The fraction of sp³-hybridized carbons (Fsp3) is 0.200. The standard InChI is InChI=1S/C15H15N5O2S/c21-13(20-9-8-16-15(20)22)10-23-14-17-12(18-19-14)7-6-11-4-2-1-3-5-11/h1-7H,8-10H2,(H,16,22)(H,17,18,19)/b7-6+. The minimum Gasteiger partial charge on any atom is -0.336 e. The topological polar surface area (TPSA) is 91.0 Å². The molecular formula is C15H15N5O2S. The first-order chi connectivity index (χ1) is 11.2. The third kappa shape index (κ3) is 3.98. The molecule has 1 fully saturated rings. The van der Waals surface area contributed by atoms with Crippen LogP contribution in [0.1, 0.15) is 11.4 Å². The number of hydrogen-bond donors (Lipinski definition) is 2. The van der Waals surface area contributed by atoms with E-state index in [9.17, 15) is 9.59 Å². The number of amides is 3. The number of rotatable bonds is 5. The Labute approximate surface area is 137 Å². The summed E-state index contributed by atoms with van der Waals surface area (Å²) >= 11 is 1.20. The molecule has 3 amide bonds. The van der Waals surface area contributed by atoms with Crippen LogP contribution >= 0.6 is 11.8 Å². The zero-order valence-corrected chi connectivity index (χ0v) is 13.0. The Kier molecular flexibility index (Phi) is 4.72.